The van der Waals surface area contributed by atoms with Gasteiger partial charge in [-0.15, -0.1) is 0 Å². The highest BCUT2D eigenvalue weighted by Crippen LogP contribution is 2.21. The van der Waals surface area contributed by atoms with Crippen LogP contribution in [0.2, 0.25) is 0 Å². The Bertz CT molecular complexity index is 853. The van der Waals surface area contributed by atoms with Crippen LogP contribution in [0.25, 0.3) is 0 Å². The van der Waals surface area contributed by atoms with Gasteiger partial charge in [0.25, 0.3) is 0 Å². The summed E-state index contributed by atoms with van der Waals surface area (Å²) in [7, 11) is 1.68. The summed E-state index contributed by atoms with van der Waals surface area (Å²) in [6.45, 7) is 8.33. The van der Waals surface area contributed by atoms with E-state index in [2.05, 4.69) is 50.9 Å². The van der Waals surface area contributed by atoms with Crippen molar-refractivity contribution in [1.82, 2.24) is 15.5 Å². The fourth-order valence-electron chi connectivity index (χ4n) is 3.78. The van der Waals surface area contributed by atoms with Gasteiger partial charge in [0.1, 0.15) is 5.75 Å². The topological polar surface area (TPSA) is 69.1 Å². The van der Waals surface area contributed by atoms with Gasteiger partial charge in [0, 0.05) is 38.3 Å². The molecule has 1 aliphatic heterocycles. The lowest BCUT2D eigenvalue weighted by atomic mass is 10.00. The average Bonchev–Trinajstić information content (AvgIpc) is 2.76. The molecule has 0 spiro atoms. The van der Waals surface area contributed by atoms with Crippen LogP contribution in [-0.2, 0) is 19.5 Å². The van der Waals surface area contributed by atoms with Crippen LogP contribution in [0.4, 0.5) is 0 Å². The third-order valence-electron chi connectivity index (χ3n) is 5.38. The summed E-state index contributed by atoms with van der Waals surface area (Å²) >= 11 is 0. The number of methoxy groups -OCH3 is 1. The lowest BCUT2D eigenvalue weighted by Crippen LogP contribution is -2.45. The van der Waals surface area contributed by atoms with Crippen LogP contribution >= 0.6 is 0 Å². The number of ether oxygens (including phenoxy) is 1. The van der Waals surface area contributed by atoms with Gasteiger partial charge < -0.3 is 20.5 Å². The van der Waals surface area contributed by atoms with E-state index in [0.717, 1.165) is 42.9 Å². The van der Waals surface area contributed by atoms with E-state index >= 15 is 0 Å². The van der Waals surface area contributed by atoms with Crippen molar-refractivity contribution in [3.05, 3.63) is 64.7 Å². The first kappa shape index (κ1) is 22.1. The van der Waals surface area contributed by atoms with E-state index in [4.69, 9.17) is 4.74 Å². The van der Waals surface area contributed by atoms with Crippen molar-refractivity contribution in [2.75, 3.05) is 33.3 Å². The van der Waals surface area contributed by atoms with Crippen LogP contribution in [0.15, 0.2) is 47.5 Å². The summed E-state index contributed by atoms with van der Waals surface area (Å²) in [5, 5.41) is 17.1. The van der Waals surface area contributed by atoms with Crippen LogP contribution in [-0.4, -0.2) is 55.4 Å². The normalized spacial score (nSPS) is 15.4. The van der Waals surface area contributed by atoms with Crippen LogP contribution in [0.3, 0.4) is 0 Å². The Morgan fingerprint density at radius 3 is 2.77 bits per heavy atom. The maximum atomic E-state index is 10.6. The van der Waals surface area contributed by atoms with Crippen LogP contribution < -0.4 is 15.4 Å². The predicted octanol–water partition coefficient (Wildman–Crippen LogP) is 2.48. The van der Waals surface area contributed by atoms with Crippen molar-refractivity contribution >= 4 is 5.96 Å². The minimum Gasteiger partial charge on any atom is -0.496 e. The Kier molecular flexibility index (Phi) is 8.11. The first-order valence-electron chi connectivity index (χ1n) is 10.7. The molecule has 2 aromatic carbocycles. The van der Waals surface area contributed by atoms with E-state index in [-0.39, 0.29) is 0 Å². The van der Waals surface area contributed by atoms with E-state index in [1.807, 2.05) is 26.0 Å². The van der Waals surface area contributed by atoms with Crippen LogP contribution in [0.1, 0.15) is 29.2 Å². The number of nitrogens with zero attached hydrogens (tertiary/aromatic N) is 2. The highest BCUT2D eigenvalue weighted by Gasteiger charge is 2.18. The number of guanidine groups is 1. The van der Waals surface area contributed by atoms with E-state index < -0.39 is 6.10 Å². The molecule has 0 amide bonds. The molecule has 0 saturated carbocycles. The zero-order valence-corrected chi connectivity index (χ0v) is 18.3. The van der Waals surface area contributed by atoms with Gasteiger partial charge in [-0.05, 0) is 43.0 Å². The third kappa shape index (κ3) is 6.21. The van der Waals surface area contributed by atoms with Crippen molar-refractivity contribution in [1.29, 1.82) is 0 Å². The predicted molar refractivity (Wildman–Crippen MR) is 122 cm³/mol. The second kappa shape index (κ2) is 11.0. The smallest absolute Gasteiger partial charge is 0.191 e. The summed E-state index contributed by atoms with van der Waals surface area (Å²) in [4.78, 5) is 6.98. The number of nitrogens with one attached hydrogen (secondary N) is 2. The van der Waals surface area contributed by atoms with Gasteiger partial charge in [-0.25, -0.2) is 4.99 Å². The molecule has 1 heterocycles. The number of hydrogen-bond donors (Lipinski definition) is 3. The molecule has 6 nitrogen and oxygen atoms in total. The van der Waals surface area contributed by atoms with Gasteiger partial charge in [-0.3, -0.25) is 4.90 Å². The van der Waals surface area contributed by atoms with Gasteiger partial charge in [0.05, 0.1) is 19.8 Å². The van der Waals surface area contributed by atoms with E-state index in [0.29, 0.717) is 25.6 Å². The fourth-order valence-corrected chi connectivity index (χ4v) is 3.78. The molecular formula is C24H34N4O2. The highest BCUT2D eigenvalue weighted by molar-refractivity contribution is 5.79. The lowest BCUT2D eigenvalue weighted by molar-refractivity contribution is 0.108. The number of aliphatic imine (C=N–C) groups is 1. The summed E-state index contributed by atoms with van der Waals surface area (Å²) in [6, 6.07) is 14.7. The minimum atomic E-state index is -0.465. The standard InChI is InChI=1S/C24H34N4O2/c1-4-25-24(26-14-20-10-9-18(2)13-23(20)30-3)27-15-22(29)17-28-12-11-19-7-5-6-8-21(19)16-28/h5-10,13,22,29H,4,11-12,14-17H2,1-3H3,(H2,25,26,27). The Labute approximate surface area is 180 Å². The molecule has 30 heavy (non-hydrogen) atoms. The van der Waals surface area contributed by atoms with Gasteiger partial charge in [0.15, 0.2) is 5.96 Å². The van der Waals surface area contributed by atoms with Gasteiger partial charge in [-0.2, -0.15) is 0 Å². The first-order chi connectivity index (χ1) is 14.6. The Hall–Kier alpha value is -2.57. The summed E-state index contributed by atoms with van der Waals surface area (Å²) in [5.74, 6) is 1.54. The Morgan fingerprint density at radius 2 is 2.00 bits per heavy atom. The molecule has 1 aliphatic rings. The van der Waals surface area contributed by atoms with Crippen molar-refractivity contribution in [3.8, 4) is 5.75 Å². The molecular weight excluding hydrogens is 376 g/mol. The second-order valence-corrected chi connectivity index (χ2v) is 7.80. The quantitative estimate of drug-likeness (QED) is 0.461. The highest BCUT2D eigenvalue weighted by atomic mass is 16.5. The molecule has 162 valence electrons. The maximum absolute atomic E-state index is 10.6. The molecule has 0 aliphatic carbocycles. The molecule has 3 N–H and O–H groups in total. The number of aliphatic hydroxyl groups is 1. The zero-order chi connectivity index (χ0) is 21.3. The number of benzene rings is 2. The number of rotatable bonds is 8. The molecule has 2 aromatic rings. The van der Waals surface area contributed by atoms with E-state index in [9.17, 15) is 5.11 Å². The molecule has 0 saturated heterocycles. The first-order valence-corrected chi connectivity index (χ1v) is 10.7. The number of aliphatic hydroxyl groups excluding tert-OH is 1. The molecule has 3 rings (SSSR count). The Morgan fingerprint density at radius 1 is 1.20 bits per heavy atom. The Balaban J connectivity index is 1.52. The van der Waals surface area contributed by atoms with Crippen molar-refractivity contribution in [3.63, 3.8) is 0 Å². The number of hydrogen-bond acceptors (Lipinski definition) is 4. The average molecular weight is 411 g/mol. The van der Waals surface area contributed by atoms with Crippen molar-refractivity contribution in [2.45, 2.75) is 39.5 Å². The molecule has 0 radical (unpaired) electrons. The third-order valence-corrected chi connectivity index (χ3v) is 5.38. The zero-order valence-electron chi connectivity index (χ0n) is 18.3. The molecule has 1 atom stereocenters. The summed E-state index contributed by atoms with van der Waals surface area (Å²) in [6.07, 6.45) is 0.576. The lowest BCUT2D eigenvalue weighted by Gasteiger charge is -2.30. The van der Waals surface area contributed by atoms with Gasteiger partial charge >= 0.3 is 0 Å². The monoisotopic (exact) mass is 410 g/mol. The summed E-state index contributed by atoms with van der Waals surface area (Å²) < 4.78 is 5.47. The number of fused-ring (bicyclic) bond motifs is 1. The van der Waals surface area contributed by atoms with Crippen LogP contribution in [0.5, 0.6) is 5.75 Å². The molecule has 0 bridgehead atoms. The second-order valence-electron chi connectivity index (χ2n) is 7.80. The van der Waals surface area contributed by atoms with E-state index in [1.54, 1.807) is 7.11 Å². The van der Waals surface area contributed by atoms with Crippen molar-refractivity contribution < 1.29 is 9.84 Å². The van der Waals surface area contributed by atoms with Crippen molar-refractivity contribution in [2.24, 2.45) is 4.99 Å². The molecule has 6 heteroatoms. The molecule has 0 fully saturated rings. The summed E-state index contributed by atoms with van der Waals surface area (Å²) in [5.41, 5.74) is 4.99. The van der Waals surface area contributed by atoms with Crippen LogP contribution in [0, 0.1) is 6.92 Å². The largest absolute Gasteiger partial charge is 0.496 e. The number of β-amino-alcohol motifs (C(OH)–C–C–N with tert-alkyl or cyclic N) is 1. The number of aryl methyl sites for hydroxylation is 1. The van der Waals surface area contributed by atoms with Gasteiger partial charge in [0.2, 0.25) is 0 Å². The van der Waals surface area contributed by atoms with E-state index in [1.165, 1.54) is 11.1 Å². The SMILES string of the molecule is CCNC(=NCc1ccc(C)cc1OC)NCC(O)CN1CCc2ccccc2C1. The molecule has 0 aromatic heterocycles. The fraction of sp³-hybridized carbons (Fsp3) is 0.458. The molecule has 1 unspecified atom stereocenters. The minimum absolute atomic E-state index is 0.453. The van der Waals surface area contributed by atoms with Gasteiger partial charge in [-0.1, -0.05) is 36.4 Å². The maximum Gasteiger partial charge on any atom is 0.191 e.